The van der Waals surface area contributed by atoms with Crippen molar-refractivity contribution >= 4 is 28.2 Å². The van der Waals surface area contributed by atoms with E-state index < -0.39 is 0 Å². The van der Waals surface area contributed by atoms with Crippen molar-refractivity contribution < 1.29 is 0 Å². The minimum absolute atomic E-state index is 0.626. The second kappa shape index (κ2) is 6.95. The van der Waals surface area contributed by atoms with Crippen LogP contribution in [0.25, 0.3) is 10.9 Å². The predicted molar refractivity (Wildman–Crippen MR) is 86.7 cm³/mol. The molecule has 0 radical (unpaired) electrons. The number of H-pyrrole nitrogens is 1. The molecule has 0 spiro atoms. The smallest absolute Gasteiger partial charge is 0.0686 e. The van der Waals surface area contributed by atoms with Crippen LogP contribution in [0.2, 0.25) is 5.02 Å². The van der Waals surface area contributed by atoms with Gasteiger partial charge < -0.3 is 10.2 Å². The van der Waals surface area contributed by atoms with Crippen LogP contribution in [-0.4, -0.2) is 36.9 Å². The van der Waals surface area contributed by atoms with E-state index in [0.717, 1.165) is 47.7 Å². The number of anilines is 1. The van der Waals surface area contributed by atoms with Crippen LogP contribution in [0.3, 0.4) is 0 Å². The van der Waals surface area contributed by atoms with Crippen molar-refractivity contribution in [3.05, 3.63) is 23.4 Å². The van der Waals surface area contributed by atoms with E-state index in [1.807, 2.05) is 18.3 Å². The maximum Gasteiger partial charge on any atom is 0.0686 e. The molecule has 1 heterocycles. The van der Waals surface area contributed by atoms with Gasteiger partial charge in [0.05, 0.1) is 11.7 Å². The lowest BCUT2D eigenvalue weighted by molar-refractivity contribution is 0.471. The summed E-state index contributed by atoms with van der Waals surface area (Å²) in [5.74, 6) is 0.626. The first-order valence-corrected chi connectivity index (χ1v) is 7.58. The number of benzene rings is 1. The highest BCUT2D eigenvalue weighted by molar-refractivity contribution is 6.31. The van der Waals surface area contributed by atoms with E-state index in [1.165, 1.54) is 0 Å². The van der Waals surface area contributed by atoms with Gasteiger partial charge in [0.1, 0.15) is 0 Å². The number of hydrogen-bond acceptors (Lipinski definition) is 3. The normalized spacial score (nSPS) is 12.8. The molecule has 0 saturated heterocycles. The number of nitrogens with one attached hydrogen (secondary N) is 2. The highest BCUT2D eigenvalue weighted by atomic mass is 35.5. The average Bonchev–Trinajstić information content (AvgIpc) is 2.90. The summed E-state index contributed by atoms with van der Waals surface area (Å²) in [4.78, 5) is 2.27. The number of aromatic amines is 1. The SMILES string of the molecule is CCNC[C@H](CC)CN(C)c1cc(Cl)cc2[nH]ncc12. The van der Waals surface area contributed by atoms with E-state index in [-0.39, 0.29) is 0 Å². The van der Waals surface area contributed by atoms with E-state index in [4.69, 9.17) is 11.6 Å². The number of aromatic nitrogens is 2. The zero-order valence-electron chi connectivity index (χ0n) is 12.4. The van der Waals surface area contributed by atoms with Crippen molar-refractivity contribution in [2.75, 3.05) is 31.6 Å². The molecule has 0 fully saturated rings. The van der Waals surface area contributed by atoms with Crippen LogP contribution < -0.4 is 10.2 Å². The summed E-state index contributed by atoms with van der Waals surface area (Å²) in [6, 6.07) is 3.93. The summed E-state index contributed by atoms with van der Waals surface area (Å²) >= 11 is 6.19. The van der Waals surface area contributed by atoms with Gasteiger partial charge in [-0.3, -0.25) is 5.10 Å². The molecular weight excluding hydrogens is 272 g/mol. The van der Waals surface area contributed by atoms with E-state index >= 15 is 0 Å². The van der Waals surface area contributed by atoms with Gasteiger partial charge in [-0.1, -0.05) is 31.9 Å². The molecule has 2 N–H and O–H groups in total. The molecule has 20 heavy (non-hydrogen) atoms. The van der Waals surface area contributed by atoms with Crippen molar-refractivity contribution in [2.45, 2.75) is 20.3 Å². The maximum absolute atomic E-state index is 6.19. The molecule has 0 aliphatic carbocycles. The second-order valence-electron chi connectivity index (χ2n) is 5.22. The summed E-state index contributed by atoms with van der Waals surface area (Å²) in [7, 11) is 2.12. The Balaban J connectivity index is 2.17. The summed E-state index contributed by atoms with van der Waals surface area (Å²) in [6.45, 7) is 7.45. The van der Waals surface area contributed by atoms with Crippen LogP contribution in [0.1, 0.15) is 20.3 Å². The summed E-state index contributed by atoms with van der Waals surface area (Å²) in [5.41, 5.74) is 2.12. The Morgan fingerprint density at radius 3 is 2.90 bits per heavy atom. The van der Waals surface area contributed by atoms with Crippen molar-refractivity contribution in [3.8, 4) is 0 Å². The number of fused-ring (bicyclic) bond motifs is 1. The largest absolute Gasteiger partial charge is 0.374 e. The van der Waals surface area contributed by atoms with Gasteiger partial charge >= 0.3 is 0 Å². The molecule has 2 rings (SSSR count). The summed E-state index contributed by atoms with van der Waals surface area (Å²) in [5, 5.41) is 12.4. The first-order valence-electron chi connectivity index (χ1n) is 7.20. The molecule has 0 bridgehead atoms. The third kappa shape index (κ3) is 3.44. The fourth-order valence-electron chi connectivity index (χ4n) is 2.49. The molecule has 0 aliphatic rings. The lowest BCUT2D eigenvalue weighted by atomic mass is 10.1. The highest BCUT2D eigenvalue weighted by Gasteiger charge is 2.13. The Morgan fingerprint density at radius 1 is 1.40 bits per heavy atom. The Kier molecular flexibility index (Phi) is 5.26. The summed E-state index contributed by atoms with van der Waals surface area (Å²) < 4.78 is 0. The minimum atomic E-state index is 0.626. The maximum atomic E-state index is 6.19. The van der Waals surface area contributed by atoms with Crippen LogP contribution in [-0.2, 0) is 0 Å². The molecule has 2 aromatic rings. The monoisotopic (exact) mass is 294 g/mol. The van der Waals surface area contributed by atoms with Gasteiger partial charge in [0.15, 0.2) is 0 Å². The molecule has 1 atom stereocenters. The number of halogens is 1. The Morgan fingerprint density at radius 2 is 2.20 bits per heavy atom. The van der Waals surface area contributed by atoms with E-state index in [2.05, 4.69) is 41.3 Å². The highest BCUT2D eigenvalue weighted by Crippen LogP contribution is 2.29. The Labute approximate surface area is 125 Å². The Bertz CT molecular complexity index is 552. The molecule has 0 unspecified atom stereocenters. The third-order valence-corrected chi connectivity index (χ3v) is 3.92. The fourth-order valence-corrected chi connectivity index (χ4v) is 2.70. The molecular formula is C15H23ClN4. The van der Waals surface area contributed by atoms with Gasteiger partial charge in [0.2, 0.25) is 0 Å². The zero-order valence-corrected chi connectivity index (χ0v) is 13.2. The molecule has 0 saturated carbocycles. The van der Waals surface area contributed by atoms with Gasteiger partial charge in [-0.25, -0.2) is 0 Å². The average molecular weight is 295 g/mol. The van der Waals surface area contributed by atoms with E-state index in [0.29, 0.717) is 5.92 Å². The molecule has 1 aromatic carbocycles. The van der Waals surface area contributed by atoms with Gasteiger partial charge in [0.25, 0.3) is 0 Å². The first-order chi connectivity index (χ1) is 9.65. The lowest BCUT2D eigenvalue weighted by Crippen LogP contribution is -2.32. The number of rotatable bonds is 7. The van der Waals surface area contributed by atoms with Crippen molar-refractivity contribution in [2.24, 2.45) is 5.92 Å². The molecule has 5 heteroatoms. The standard InChI is InChI=1S/C15H23ClN4/c1-4-11(8-17-5-2)10-20(3)15-7-12(16)6-14-13(15)9-18-19-14/h6-7,9,11,17H,4-5,8,10H2,1-3H3,(H,18,19)/t11-/m0/s1. The van der Waals surface area contributed by atoms with E-state index in [9.17, 15) is 0 Å². The van der Waals surface area contributed by atoms with Crippen LogP contribution in [0, 0.1) is 5.92 Å². The Hall–Kier alpha value is -1.26. The number of nitrogens with zero attached hydrogens (tertiary/aromatic N) is 2. The molecule has 110 valence electrons. The van der Waals surface area contributed by atoms with Gasteiger partial charge in [-0.15, -0.1) is 0 Å². The van der Waals surface area contributed by atoms with Crippen molar-refractivity contribution in [1.82, 2.24) is 15.5 Å². The van der Waals surface area contributed by atoms with Crippen LogP contribution >= 0.6 is 11.6 Å². The van der Waals surface area contributed by atoms with Gasteiger partial charge in [0, 0.05) is 29.7 Å². The third-order valence-electron chi connectivity index (χ3n) is 3.71. The quantitative estimate of drug-likeness (QED) is 0.823. The van der Waals surface area contributed by atoms with Crippen molar-refractivity contribution in [1.29, 1.82) is 0 Å². The summed E-state index contributed by atoms with van der Waals surface area (Å²) in [6.07, 6.45) is 3.02. The molecule has 0 aliphatic heterocycles. The predicted octanol–water partition coefficient (Wildman–Crippen LogP) is 3.29. The molecule has 1 aromatic heterocycles. The van der Waals surface area contributed by atoms with Crippen LogP contribution in [0.4, 0.5) is 5.69 Å². The lowest BCUT2D eigenvalue weighted by Gasteiger charge is -2.26. The van der Waals surface area contributed by atoms with Crippen LogP contribution in [0.15, 0.2) is 18.3 Å². The topological polar surface area (TPSA) is 44.0 Å². The first kappa shape index (κ1) is 15.1. The molecule has 0 amide bonds. The van der Waals surface area contributed by atoms with Crippen molar-refractivity contribution in [3.63, 3.8) is 0 Å². The van der Waals surface area contributed by atoms with Gasteiger partial charge in [-0.2, -0.15) is 5.10 Å². The second-order valence-corrected chi connectivity index (χ2v) is 5.66. The van der Waals surface area contributed by atoms with Gasteiger partial charge in [-0.05, 0) is 31.1 Å². The van der Waals surface area contributed by atoms with Crippen LogP contribution in [0.5, 0.6) is 0 Å². The number of hydrogen-bond donors (Lipinski definition) is 2. The molecule has 4 nitrogen and oxygen atoms in total. The zero-order chi connectivity index (χ0) is 14.5. The fraction of sp³-hybridized carbons (Fsp3) is 0.533. The van der Waals surface area contributed by atoms with E-state index in [1.54, 1.807) is 0 Å². The minimum Gasteiger partial charge on any atom is -0.374 e.